The lowest BCUT2D eigenvalue weighted by atomic mass is 10.1. The first-order valence-corrected chi connectivity index (χ1v) is 9.71. The molecule has 1 aromatic heterocycles. The van der Waals surface area contributed by atoms with Gasteiger partial charge < -0.3 is 9.88 Å². The minimum absolute atomic E-state index is 0.172. The van der Waals surface area contributed by atoms with Crippen molar-refractivity contribution in [1.29, 1.82) is 0 Å². The summed E-state index contributed by atoms with van der Waals surface area (Å²) in [5.41, 5.74) is 3.81. The smallest absolute Gasteiger partial charge is 0.274 e. The fourth-order valence-electron chi connectivity index (χ4n) is 3.44. The predicted octanol–water partition coefficient (Wildman–Crippen LogP) is 5.51. The minimum Gasteiger partial charge on any atom is -0.325 e. The van der Waals surface area contributed by atoms with Crippen LogP contribution in [0.3, 0.4) is 0 Å². The number of nitrogens with one attached hydrogen (secondary N) is 1. The number of aryl methyl sites for hydroxylation is 1. The first kappa shape index (κ1) is 19.2. The van der Waals surface area contributed by atoms with E-state index in [0.29, 0.717) is 11.0 Å². The van der Waals surface area contributed by atoms with Crippen molar-refractivity contribution < 1.29 is 0 Å². The molecule has 1 atom stereocenters. The number of fused-ring (bicyclic) bond motifs is 1. The molecule has 27 heavy (non-hydrogen) atoms. The van der Waals surface area contributed by atoms with E-state index >= 15 is 0 Å². The van der Waals surface area contributed by atoms with Crippen molar-refractivity contribution in [3.8, 4) is 0 Å². The van der Waals surface area contributed by atoms with Crippen molar-refractivity contribution in [3.63, 3.8) is 0 Å². The zero-order chi connectivity index (χ0) is 19.4. The van der Waals surface area contributed by atoms with E-state index in [-0.39, 0.29) is 11.6 Å². The summed E-state index contributed by atoms with van der Waals surface area (Å²) in [5.74, 6) is 0.569. The summed E-state index contributed by atoms with van der Waals surface area (Å²) in [5, 5.41) is 4.01. The largest absolute Gasteiger partial charge is 0.325 e. The zero-order valence-corrected chi connectivity index (χ0v) is 16.6. The lowest BCUT2D eigenvalue weighted by Crippen LogP contribution is -2.19. The van der Waals surface area contributed by atoms with Gasteiger partial charge in [0.2, 0.25) is 5.95 Å². The van der Waals surface area contributed by atoms with Gasteiger partial charge in [-0.2, -0.15) is 4.98 Å². The SMILES string of the molecule is CC.Cc1c(Cl)cccc1Nc1nc(=O)cc2n1C(c1ccccc1)CC2. The average Bonchev–Trinajstić information content (AvgIpc) is 3.11. The maximum atomic E-state index is 12.0. The van der Waals surface area contributed by atoms with Crippen molar-refractivity contribution in [2.24, 2.45) is 0 Å². The van der Waals surface area contributed by atoms with Crippen LogP contribution in [0.1, 0.15) is 43.1 Å². The minimum atomic E-state index is -0.220. The highest BCUT2D eigenvalue weighted by atomic mass is 35.5. The molecule has 3 aromatic rings. The number of rotatable bonds is 3. The molecule has 0 spiro atoms. The summed E-state index contributed by atoms with van der Waals surface area (Å²) < 4.78 is 2.14. The molecule has 0 amide bonds. The Balaban J connectivity index is 0.00000102. The van der Waals surface area contributed by atoms with Gasteiger partial charge in [-0.05, 0) is 43.0 Å². The van der Waals surface area contributed by atoms with Crippen LogP contribution in [0, 0.1) is 6.92 Å². The summed E-state index contributed by atoms with van der Waals surface area (Å²) in [6, 6.07) is 17.8. The maximum Gasteiger partial charge on any atom is 0.274 e. The van der Waals surface area contributed by atoms with Crippen LogP contribution in [0.15, 0.2) is 59.4 Å². The van der Waals surface area contributed by atoms with E-state index < -0.39 is 0 Å². The lowest BCUT2D eigenvalue weighted by molar-refractivity contribution is 0.615. The molecule has 140 valence electrons. The highest BCUT2D eigenvalue weighted by molar-refractivity contribution is 6.31. The van der Waals surface area contributed by atoms with E-state index in [4.69, 9.17) is 11.6 Å². The van der Waals surface area contributed by atoms with E-state index in [1.165, 1.54) is 5.56 Å². The van der Waals surface area contributed by atoms with Crippen molar-refractivity contribution in [2.45, 2.75) is 39.7 Å². The molecule has 5 heteroatoms. The van der Waals surface area contributed by atoms with Gasteiger partial charge in [0.1, 0.15) is 0 Å². The standard InChI is InChI=1S/C20H18ClN3O.C2H6/c1-13-16(21)8-5-9-17(13)22-20-23-19(25)12-15-10-11-18(24(15)20)14-6-3-2-4-7-14;1-2/h2-9,12,18H,10-11H2,1H3,(H,22,23,25);1-2H3. The first-order valence-electron chi connectivity index (χ1n) is 9.33. The molecule has 0 saturated heterocycles. The first-order chi connectivity index (χ1) is 13.1. The summed E-state index contributed by atoms with van der Waals surface area (Å²) in [7, 11) is 0. The van der Waals surface area contributed by atoms with Crippen LogP contribution in [-0.2, 0) is 6.42 Å². The number of anilines is 2. The third-order valence-corrected chi connectivity index (χ3v) is 5.14. The number of halogens is 1. The molecule has 0 saturated carbocycles. The normalized spacial score (nSPS) is 14.9. The quantitative estimate of drug-likeness (QED) is 0.650. The monoisotopic (exact) mass is 381 g/mol. The van der Waals surface area contributed by atoms with Crippen LogP contribution in [0.25, 0.3) is 0 Å². The van der Waals surface area contributed by atoms with Gasteiger partial charge in [0, 0.05) is 22.5 Å². The molecule has 1 aliphatic rings. The number of benzene rings is 2. The number of aromatic nitrogens is 2. The van der Waals surface area contributed by atoms with E-state index in [2.05, 4.69) is 27.0 Å². The van der Waals surface area contributed by atoms with Crippen molar-refractivity contribution >= 4 is 23.2 Å². The Morgan fingerprint density at radius 1 is 1.11 bits per heavy atom. The van der Waals surface area contributed by atoms with Gasteiger partial charge in [0.05, 0.1) is 6.04 Å². The fourth-order valence-corrected chi connectivity index (χ4v) is 3.61. The summed E-state index contributed by atoms with van der Waals surface area (Å²) >= 11 is 6.22. The van der Waals surface area contributed by atoms with Crippen molar-refractivity contribution in [1.82, 2.24) is 9.55 Å². The Morgan fingerprint density at radius 2 is 1.85 bits per heavy atom. The summed E-state index contributed by atoms with van der Waals surface area (Å²) in [4.78, 5) is 16.3. The van der Waals surface area contributed by atoms with Crippen LogP contribution in [0.2, 0.25) is 5.02 Å². The Bertz CT molecular complexity index is 983. The van der Waals surface area contributed by atoms with Crippen LogP contribution >= 0.6 is 11.6 Å². The van der Waals surface area contributed by atoms with Crippen LogP contribution in [-0.4, -0.2) is 9.55 Å². The molecule has 1 N–H and O–H groups in total. The van der Waals surface area contributed by atoms with E-state index in [1.54, 1.807) is 6.07 Å². The lowest BCUT2D eigenvalue weighted by Gasteiger charge is -2.21. The third kappa shape index (κ3) is 3.91. The van der Waals surface area contributed by atoms with Crippen molar-refractivity contribution in [2.75, 3.05) is 5.32 Å². The van der Waals surface area contributed by atoms with E-state index in [9.17, 15) is 4.79 Å². The molecule has 2 heterocycles. The molecule has 0 fully saturated rings. The predicted molar refractivity (Wildman–Crippen MR) is 112 cm³/mol. The Hall–Kier alpha value is -2.59. The summed E-state index contributed by atoms with van der Waals surface area (Å²) in [6.07, 6.45) is 1.82. The Morgan fingerprint density at radius 3 is 2.59 bits per heavy atom. The molecular formula is C22H24ClN3O. The molecule has 0 radical (unpaired) electrons. The Kier molecular flexibility index (Phi) is 5.97. The van der Waals surface area contributed by atoms with Gasteiger partial charge >= 0.3 is 0 Å². The molecular weight excluding hydrogens is 358 g/mol. The second-order valence-electron chi connectivity index (χ2n) is 6.28. The molecule has 0 aliphatic carbocycles. The second kappa shape index (κ2) is 8.40. The number of hydrogen-bond donors (Lipinski definition) is 1. The molecule has 2 aromatic carbocycles. The van der Waals surface area contributed by atoms with Gasteiger partial charge in [-0.15, -0.1) is 0 Å². The number of hydrogen-bond acceptors (Lipinski definition) is 3. The molecule has 4 rings (SSSR count). The van der Waals surface area contributed by atoms with Crippen LogP contribution in [0.4, 0.5) is 11.6 Å². The molecule has 1 unspecified atom stereocenters. The van der Waals surface area contributed by atoms with Gasteiger partial charge in [0.15, 0.2) is 0 Å². The van der Waals surface area contributed by atoms with Crippen LogP contribution < -0.4 is 10.9 Å². The van der Waals surface area contributed by atoms with Gasteiger partial charge in [-0.3, -0.25) is 4.79 Å². The Labute approximate surface area is 164 Å². The van der Waals surface area contributed by atoms with Crippen LogP contribution in [0.5, 0.6) is 0 Å². The zero-order valence-electron chi connectivity index (χ0n) is 15.9. The fraction of sp³-hybridized carbons (Fsp3) is 0.273. The average molecular weight is 382 g/mol. The van der Waals surface area contributed by atoms with Crippen molar-refractivity contribution in [3.05, 3.63) is 86.8 Å². The molecule has 0 bridgehead atoms. The van der Waals surface area contributed by atoms with Gasteiger partial charge in [0.25, 0.3) is 5.56 Å². The second-order valence-corrected chi connectivity index (χ2v) is 6.69. The van der Waals surface area contributed by atoms with Gasteiger partial charge in [-0.1, -0.05) is 61.8 Å². The number of nitrogens with zero attached hydrogens (tertiary/aromatic N) is 2. The van der Waals surface area contributed by atoms with E-state index in [1.807, 2.05) is 57.2 Å². The highest BCUT2D eigenvalue weighted by Gasteiger charge is 2.26. The van der Waals surface area contributed by atoms with E-state index in [0.717, 1.165) is 29.8 Å². The maximum absolute atomic E-state index is 12.0. The highest BCUT2D eigenvalue weighted by Crippen LogP contribution is 2.35. The topological polar surface area (TPSA) is 46.9 Å². The summed E-state index contributed by atoms with van der Waals surface area (Å²) in [6.45, 7) is 5.95. The third-order valence-electron chi connectivity index (χ3n) is 4.73. The molecule has 4 nitrogen and oxygen atoms in total. The molecule has 1 aliphatic heterocycles. The van der Waals surface area contributed by atoms with Gasteiger partial charge in [-0.25, -0.2) is 0 Å².